The van der Waals surface area contributed by atoms with Crippen molar-refractivity contribution in [2.75, 3.05) is 10.6 Å². The molecule has 28 heavy (non-hydrogen) atoms. The Morgan fingerprint density at radius 3 is 2.64 bits per heavy atom. The number of hydrogen-bond acceptors (Lipinski definition) is 3. The number of aliphatic imine (C=N–C) groups is 1. The van der Waals surface area contributed by atoms with Gasteiger partial charge in [-0.05, 0) is 68.4 Å². The van der Waals surface area contributed by atoms with E-state index < -0.39 is 0 Å². The first-order valence-electron chi connectivity index (χ1n) is 9.93. The predicted molar refractivity (Wildman–Crippen MR) is 116 cm³/mol. The second kappa shape index (κ2) is 7.85. The number of rotatable bonds is 3. The maximum Gasteiger partial charge on any atom is 0.127 e. The fraction of sp³-hybridized carbons (Fsp3) is 0.391. The lowest BCUT2D eigenvalue weighted by Gasteiger charge is -2.46. The van der Waals surface area contributed by atoms with Gasteiger partial charge in [-0.25, -0.2) is 0 Å². The average Bonchev–Trinajstić information content (AvgIpc) is 2.72. The molecule has 2 aromatic carbocycles. The summed E-state index contributed by atoms with van der Waals surface area (Å²) >= 11 is 6.13. The van der Waals surface area contributed by atoms with Gasteiger partial charge in [0, 0.05) is 10.9 Å². The Balaban J connectivity index is 1.62. The molecule has 144 valence electrons. The zero-order chi connectivity index (χ0) is 19.6. The van der Waals surface area contributed by atoms with Crippen molar-refractivity contribution in [2.24, 2.45) is 16.8 Å². The van der Waals surface area contributed by atoms with Crippen LogP contribution in [0.3, 0.4) is 0 Å². The second-order valence-electron chi connectivity index (χ2n) is 7.93. The molecule has 1 spiro atoms. The van der Waals surface area contributed by atoms with Crippen molar-refractivity contribution in [1.29, 1.82) is 5.26 Å². The van der Waals surface area contributed by atoms with E-state index in [9.17, 15) is 5.26 Å². The first-order chi connectivity index (χ1) is 13.6. The van der Waals surface area contributed by atoms with Gasteiger partial charge in [-0.15, -0.1) is 0 Å². The Hall–Kier alpha value is -2.51. The Bertz CT molecular complexity index is 922. The van der Waals surface area contributed by atoms with Gasteiger partial charge in [0.2, 0.25) is 0 Å². The number of fused-ring (bicyclic) bond motifs is 1. The number of nitriles is 1. The zero-order valence-corrected chi connectivity index (χ0v) is 16.8. The van der Waals surface area contributed by atoms with Crippen molar-refractivity contribution in [3.05, 3.63) is 59.1 Å². The van der Waals surface area contributed by atoms with Crippen LogP contribution in [0.15, 0.2) is 53.5 Å². The third-order valence-electron chi connectivity index (χ3n) is 6.11. The minimum absolute atomic E-state index is 0.105. The van der Waals surface area contributed by atoms with Crippen LogP contribution >= 0.6 is 11.6 Å². The standard InChI is InChI=1S/C23H25ClN4/c1-16(14-25)18-9-11-23(12-10-18)22(26-15-17-5-4-6-19(24)13-17)27-20-7-2-3-8-21(20)28-23/h2-8,13,16,18,28H,9-12,15H2,1H3,(H,26,27). The summed E-state index contributed by atoms with van der Waals surface area (Å²) in [5.41, 5.74) is 3.09. The van der Waals surface area contributed by atoms with Crippen LogP contribution in [0.2, 0.25) is 5.02 Å². The molecule has 0 radical (unpaired) electrons. The minimum Gasteiger partial charge on any atom is -0.371 e. The Morgan fingerprint density at radius 2 is 1.93 bits per heavy atom. The van der Waals surface area contributed by atoms with Crippen molar-refractivity contribution in [3.63, 3.8) is 0 Å². The van der Waals surface area contributed by atoms with Crippen LogP contribution in [0.5, 0.6) is 0 Å². The van der Waals surface area contributed by atoms with Gasteiger partial charge in [-0.1, -0.05) is 35.9 Å². The molecule has 2 N–H and O–H groups in total. The first kappa shape index (κ1) is 18.8. The van der Waals surface area contributed by atoms with Crippen molar-refractivity contribution < 1.29 is 0 Å². The van der Waals surface area contributed by atoms with Gasteiger partial charge in [-0.2, -0.15) is 5.26 Å². The number of benzene rings is 2. The molecule has 5 heteroatoms. The molecule has 1 heterocycles. The molecule has 2 aromatic rings. The van der Waals surface area contributed by atoms with Crippen molar-refractivity contribution >= 4 is 28.8 Å². The van der Waals surface area contributed by atoms with Gasteiger partial charge in [0.25, 0.3) is 0 Å². The van der Waals surface area contributed by atoms with E-state index in [1.807, 2.05) is 31.2 Å². The summed E-state index contributed by atoms with van der Waals surface area (Å²) < 4.78 is 0. The molecule has 4 nitrogen and oxygen atoms in total. The molecule has 0 saturated heterocycles. The van der Waals surface area contributed by atoms with E-state index in [2.05, 4.69) is 41.0 Å². The smallest absolute Gasteiger partial charge is 0.127 e. The van der Waals surface area contributed by atoms with E-state index in [1.165, 1.54) is 0 Å². The number of para-hydroxylation sites is 2. The lowest BCUT2D eigenvalue weighted by Crippen LogP contribution is -2.54. The summed E-state index contributed by atoms with van der Waals surface area (Å²) in [5, 5.41) is 17.4. The molecule has 0 aromatic heterocycles. The largest absolute Gasteiger partial charge is 0.371 e. The summed E-state index contributed by atoms with van der Waals surface area (Å²) in [5.74, 6) is 1.56. The molecular weight excluding hydrogens is 368 g/mol. The Labute approximate surface area is 171 Å². The Morgan fingerprint density at radius 1 is 1.18 bits per heavy atom. The lowest BCUT2D eigenvalue weighted by atomic mass is 9.71. The Kier molecular flexibility index (Phi) is 5.28. The van der Waals surface area contributed by atoms with Crippen LogP contribution < -0.4 is 10.6 Å². The zero-order valence-electron chi connectivity index (χ0n) is 16.1. The van der Waals surface area contributed by atoms with E-state index in [1.54, 1.807) is 0 Å². The fourth-order valence-electron chi connectivity index (χ4n) is 4.36. The van der Waals surface area contributed by atoms with Crippen LogP contribution in [0.4, 0.5) is 11.4 Å². The molecule has 1 unspecified atom stereocenters. The topological polar surface area (TPSA) is 60.2 Å². The molecular formula is C23H25ClN4. The quantitative estimate of drug-likeness (QED) is 0.687. The van der Waals surface area contributed by atoms with E-state index in [-0.39, 0.29) is 11.5 Å². The molecule has 1 atom stereocenters. The molecule has 1 saturated carbocycles. The van der Waals surface area contributed by atoms with Gasteiger partial charge >= 0.3 is 0 Å². The number of nitrogens with zero attached hydrogens (tertiary/aromatic N) is 2. The number of anilines is 2. The normalized spacial score (nSPS) is 26.0. The third kappa shape index (κ3) is 3.72. The molecule has 0 amide bonds. The van der Waals surface area contributed by atoms with Crippen LogP contribution in [0.1, 0.15) is 38.2 Å². The van der Waals surface area contributed by atoms with Crippen molar-refractivity contribution in [3.8, 4) is 6.07 Å². The summed E-state index contributed by atoms with van der Waals surface area (Å²) in [4.78, 5) is 4.98. The molecule has 1 aliphatic carbocycles. The summed E-state index contributed by atoms with van der Waals surface area (Å²) in [7, 11) is 0. The summed E-state index contributed by atoms with van der Waals surface area (Å²) in [6.07, 6.45) is 4.00. The highest BCUT2D eigenvalue weighted by atomic mass is 35.5. The number of nitrogens with one attached hydrogen (secondary N) is 2. The van der Waals surface area contributed by atoms with Crippen LogP contribution in [0, 0.1) is 23.2 Å². The van der Waals surface area contributed by atoms with Gasteiger partial charge in [0.15, 0.2) is 0 Å². The van der Waals surface area contributed by atoms with Gasteiger partial charge in [-0.3, -0.25) is 4.99 Å². The van der Waals surface area contributed by atoms with Gasteiger partial charge in [0.1, 0.15) is 5.84 Å². The van der Waals surface area contributed by atoms with E-state index in [0.29, 0.717) is 12.5 Å². The van der Waals surface area contributed by atoms with Gasteiger partial charge < -0.3 is 10.6 Å². The second-order valence-corrected chi connectivity index (χ2v) is 8.36. The average molecular weight is 393 g/mol. The van der Waals surface area contributed by atoms with E-state index >= 15 is 0 Å². The van der Waals surface area contributed by atoms with Crippen LogP contribution in [-0.2, 0) is 6.54 Å². The van der Waals surface area contributed by atoms with Gasteiger partial charge in [0.05, 0.1) is 29.5 Å². The van der Waals surface area contributed by atoms with E-state index in [0.717, 1.165) is 53.5 Å². The molecule has 1 aliphatic heterocycles. The molecule has 4 rings (SSSR count). The minimum atomic E-state index is -0.196. The lowest BCUT2D eigenvalue weighted by molar-refractivity contribution is 0.263. The third-order valence-corrected chi connectivity index (χ3v) is 6.35. The molecule has 0 bridgehead atoms. The highest BCUT2D eigenvalue weighted by Crippen LogP contribution is 2.42. The van der Waals surface area contributed by atoms with Crippen LogP contribution in [-0.4, -0.2) is 11.4 Å². The predicted octanol–water partition coefficient (Wildman–Crippen LogP) is 5.86. The number of amidine groups is 1. The van der Waals surface area contributed by atoms with Crippen molar-refractivity contribution in [2.45, 2.75) is 44.7 Å². The monoisotopic (exact) mass is 392 g/mol. The highest BCUT2D eigenvalue weighted by molar-refractivity contribution is 6.30. The SMILES string of the molecule is CC(C#N)C1CCC2(CC1)Nc1ccccc1NC2=NCc1cccc(Cl)c1. The van der Waals surface area contributed by atoms with E-state index in [4.69, 9.17) is 16.6 Å². The van der Waals surface area contributed by atoms with Crippen LogP contribution in [0.25, 0.3) is 0 Å². The van der Waals surface area contributed by atoms with Crippen molar-refractivity contribution in [1.82, 2.24) is 0 Å². The maximum absolute atomic E-state index is 9.29. The number of hydrogen-bond donors (Lipinski definition) is 2. The number of halogens is 1. The molecule has 2 aliphatic rings. The summed E-state index contributed by atoms with van der Waals surface area (Å²) in [6.45, 7) is 2.63. The summed E-state index contributed by atoms with van der Waals surface area (Å²) in [6, 6.07) is 18.6. The highest BCUT2D eigenvalue weighted by Gasteiger charge is 2.43. The fourth-order valence-corrected chi connectivity index (χ4v) is 4.57. The molecule has 1 fully saturated rings. The first-order valence-corrected chi connectivity index (χ1v) is 10.3. The maximum atomic E-state index is 9.29.